The van der Waals surface area contributed by atoms with Gasteiger partial charge < -0.3 is 10.2 Å². The molecule has 0 spiro atoms. The normalized spacial score (nSPS) is 20.8. The van der Waals surface area contributed by atoms with Crippen LogP contribution in [0.1, 0.15) is 48.2 Å². The number of hydrogen-bond donors (Lipinski definition) is 1. The molecule has 0 unspecified atom stereocenters. The van der Waals surface area contributed by atoms with Crippen LogP contribution >= 0.6 is 11.3 Å². The Morgan fingerprint density at radius 2 is 2.03 bits per heavy atom. The monoisotopic (exact) mass is 421 g/mol. The quantitative estimate of drug-likeness (QED) is 0.674. The van der Waals surface area contributed by atoms with Gasteiger partial charge in [0.05, 0.1) is 11.8 Å². The fourth-order valence-electron chi connectivity index (χ4n) is 4.82. The van der Waals surface area contributed by atoms with Crippen molar-refractivity contribution in [2.45, 2.75) is 63.5 Å². The van der Waals surface area contributed by atoms with Crippen LogP contribution in [-0.4, -0.2) is 44.9 Å². The zero-order valence-corrected chi connectivity index (χ0v) is 18.1. The van der Waals surface area contributed by atoms with Crippen molar-refractivity contribution in [1.82, 2.24) is 19.9 Å². The lowest BCUT2D eigenvalue weighted by Gasteiger charge is -2.35. The molecule has 1 N–H and O–H groups in total. The molecule has 1 saturated carbocycles. The highest BCUT2D eigenvalue weighted by Gasteiger charge is 2.28. The van der Waals surface area contributed by atoms with Crippen molar-refractivity contribution in [3.8, 4) is 0 Å². The lowest BCUT2D eigenvalue weighted by molar-refractivity contribution is -0.131. The lowest BCUT2D eigenvalue weighted by Crippen LogP contribution is -2.42. The molecule has 2 aliphatic carbocycles. The Hall–Kier alpha value is -2.54. The Labute approximate surface area is 180 Å². The summed E-state index contributed by atoms with van der Waals surface area (Å²) in [6, 6.07) is 6.42. The van der Waals surface area contributed by atoms with Crippen molar-refractivity contribution in [2.24, 2.45) is 0 Å². The number of anilines is 1. The first-order valence-electron chi connectivity index (χ1n) is 10.9. The van der Waals surface area contributed by atoms with Crippen LogP contribution in [0.3, 0.4) is 0 Å². The number of rotatable bonds is 5. The summed E-state index contributed by atoms with van der Waals surface area (Å²) in [5.74, 6) is 1.15. The SMILES string of the molecule is CN(C(=O)Cc1ccccn1)C1CCC(Nc2ncnc3sc4c(c23)CCC4)CC1. The molecule has 1 fully saturated rings. The maximum atomic E-state index is 12.7. The van der Waals surface area contributed by atoms with E-state index in [2.05, 4.69) is 20.3 Å². The highest BCUT2D eigenvalue weighted by Crippen LogP contribution is 2.39. The van der Waals surface area contributed by atoms with E-state index in [1.165, 1.54) is 28.7 Å². The van der Waals surface area contributed by atoms with E-state index in [-0.39, 0.29) is 5.91 Å². The largest absolute Gasteiger partial charge is 0.367 e. The second kappa shape index (κ2) is 8.30. The van der Waals surface area contributed by atoms with Crippen LogP contribution in [0.5, 0.6) is 0 Å². The van der Waals surface area contributed by atoms with Crippen LogP contribution in [0.25, 0.3) is 10.2 Å². The second-order valence-electron chi connectivity index (χ2n) is 8.41. The Morgan fingerprint density at radius 1 is 1.17 bits per heavy atom. The molecule has 0 saturated heterocycles. The van der Waals surface area contributed by atoms with E-state index < -0.39 is 0 Å². The molecule has 3 heterocycles. The topological polar surface area (TPSA) is 71.0 Å². The van der Waals surface area contributed by atoms with E-state index in [0.717, 1.165) is 48.4 Å². The molecular formula is C23H27N5OS. The summed E-state index contributed by atoms with van der Waals surface area (Å²) in [5.41, 5.74) is 2.30. The van der Waals surface area contributed by atoms with E-state index in [0.29, 0.717) is 18.5 Å². The number of pyridine rings is 1. The van der Waals surface area contributed by atoms with E-state index >= 15 is 0 Å². The summed E-state index contributed by atoms with van der Waals surface area (Å²) in [5, 5.41) is 4.96. The molecule has 6 nitrogen and oxygen atoms in total. The molecule has 0 aromatic carbocycles. The molecular weight excluding hydrogens is 394 g/mol. The maximum absolute atomic E-state index is 12.7. The lowest BCUT2D eigenvalue weighted by atomic mass is 9.90. The van der Waals surface area contributed by atoms with Gasteiger partial charge in [-0.2, -0.15) is 0 Å². The minimum absolute atomic E-state index is 0.149. The highest BCUT2D eigenvalue weighted by molar-refractivity contribution is 7.19. The van der Waals surface area contributed by atoms with Gasteiger partial charge in [-0.25, -0.2) is 9.97 Å². The maximum Gasteiger partial charge on any atom is 0.228 e. The standard InChI is InChI=1S/C23H27N5OS/c1-28(20(29)13-16-5-2-3-12-24-16)17-10-8-15(9-11-17)27-22-21-18-6-4-7-19(18)30-23(21)26-14-25-22/h2-3,5,12,14-15,17H,4,6-11,13H2,1H3,(H,25,26,27). The number of likely N-dealkylation sites (N-methyl/N-ethyl adjacent to an activating group) is 1. The van der Waals surface area contributed by atoms with Gasteiger partial charge in [0.15, 0.2) is 0 Å². The van der Waals surface area contributed by atoms with Crippen molar-refractivity contribution < 1.29 is 4.79 Å². The fraction of sp³-hybridized carbons (Fsp3) is 0.478. The van der Waals surface area contributed by atoms with Gasteiger partial charge in [0, 0.05) is 35.9 Å². The predicted octanol–water partition coefficient (Wildman–Crippen LogP) is 4.00. The minimum Gasteiger partial charge on any atom is -0.367 e. The first-order chi connectivity index (χ1) is 14.7. The number of carbonyl (C=O) groups excluding carboxylic acids is 1. The van der Waals surface area contributed by atoms with Crippen LogP contribution in [-0.2, 0) is 24.1 Å². The molecule has 5 rings (SSSR count). The van der Waals surface area contributed by atoms with Gasteiger partial charge in [-0.15, -0.1) is 11.3 Å². The predicted molar refractivity (Wildman–Crippen MR) is 120 cm³/mol. The van der Waals surface area contributed by atoms with Gasteiger partial charge in [0.1, 0.15) is 17.0 Å². The summed E-state index contributed by atoms with van der Waals surface area (Å²) in [4.78, 5) is 30.6. The van der Waals surface area contributed by atoms with E-state index in [1.807, 2.05) is 41.5 Å². The highest BCUT2D eigenvalue weighted by atomic mass is 32.1. The summed E-state index contributed by atoms with van der Waals surface area (Å²) < 4.78 is 0. The number of thiophene rings is 1. The summed E-state index contributed by atoms with van der Waals surface area (Å²) >= 11 is 1.83. The molecule has 7 heteroatoms. The number of carbonyl (C=O) groups is 1. The van der Waals surface area contributed by atoms with Crippen LogP contribution in [0.15, 0.2) is 30.7 Å². The van der Waals surface area contributed by atoms with Crippen LogP contribution in [0.4, 0.5) is 5.82 Å². The molecule has 0 aliphatic heterocycles. The molecule has 0 bridgehead atoms. The van der Waals surface area contributed by atoms with Crippen molar-refractivity contribution in [3.05, 3.63) is 46.9 Å². The number of aromatic nitrogens is 3. The molecule has 156 valence electrons. The molecule has 0 atom stereocenters. The molecule has 1 amide bonds. The first-order valence-corrected chi connectivity index (χ1v) is 11.7. The first kappa shape index (κ1) is 19.4. The number of nitrogens with one attached hydrogen (secondary N) is 1. The summed E-state index contributed by atoms with van der Waals surface area (Å²) in [7, 11) is 1.94. The number of aryl methyl sites for hydroxylation is 2. The Morgan fingerprint density at radius 3 is 2.83 bits per heavy atom. The third kappa shape index (κ3) is 3.78. The smallest absolute Gasteiger partial charge is 0.228 e. The Kier molecular flexibility index (Phi) is 5.37. The van der Waals surface area contributed by atoms with Crippen molar-refractivity contribution in [3.63, 3.8) is 0 Å². The second-order valence-corrected chi connectivity index (χ2v) is 9.50. The van der Waals surface area contributed by atoms with Gasteiger partial charge >= 0.3 is 0 Å². The summed E-state index contributed by atoms with van der Waals surface area (Å²) in [6.45, 7) is 0. The van der Waals surface area contributed by atoms with E-state index in [9.17, 15) is 4.79 Å². The van der Waals surface area contributed by atoms with Crippen molar-refractivity contribution >= 4 is 33.3 Å². The number of fused-ring (bicyclic) bond motifs is 3. The third-order valence-corrected chi connectivity index (χ3v) is 7.74. The Bertz CT molecular complexity index is 1040. The number of nitrogens with zero attached hydrogens (tertiary/aromatic N) is 4. The number of amides is 1. The molecule has 3 aromatic rings. The minimum atomic E-state index is 0.149. The van der Waals surface area contributed by atoms with Gasteiger partial charge in [0.25, 0.3) is 0 Å². The van der Waals surface area contributed by atoms with Crippen LogP contribution in [0.2, 0.25) is 0 Å². The average Bonchev–Trinajstić information content (AvgIpc) is 3.36. The molecule has 0 radical (unpaired) electrons. The zero-order chi connectivity index (χ0) is 20.5. The van der Waals surface area contributed by atoms with Crippen LogP contribution < -0.4 is 5.32 Å². The fourth-order valence-corrected chi connectivity index (χ4v) is 6.05. The van der Waals surface area contributed by atoms with E-state index in [4.69, 9.17) is 0 Å². The number of hydrogen-bond acceptors (Lipinski definition) is 6. The third-order valence-electron chi connectivity index (χ3n) is 6.54. The average molecular weight is 422 g/mol. The van der Waals surface area contributed by atoms with Crippen LogP contribution in [0, 0.1) is 0 Å². The Balaban J connectivity index is 1.21. The van der Waals surface area contributed by atoms with Gasteiger partial charge in [-0.05, 0) is 62.6 Å². The zero-order valence-electron chi connectivity index (χ0n) is 17.3. The molecule has 3 aromatic heterocycles. The van der Waals surface area contributed by atoms with Crippen molar-refractivity contribution in [2.75, 3.05) is 12.4 Å². The van der Waals surface area contributed by atoms with Crippen molar-refractivity contribution in [1.29, 1.82) is 0 Å². The van der Waals surface area contributed by atoms with E-state index in [1.54, 1.807) is 12.5 Å². The van der Waals surface area contributed by atoms with Gasteiger partial charge in [-0.3, -0.25) is 9.78 Å². The summed E-state index contributed by atoms with van der Waals surface area (Å²) in [6.07, 6.45) is 11.5. The molecule has 30 heavy (non-hydrogen) atoms. The molecule has 2 aliphatic rings. The van der Waals surface area contributed by atoms with Gasteiger partial charge in [0.2, 0.25) is 5.91 Å². The van der Waals surface area contributed by atoms with Gasteiger partial charge in [-0.1, -0.05) is 6.07 Å².